The molecule has 2 atom stereocenters. The van der Waals surface area contributed by atoms with Gasteiger partial charge in [-0.3, -0.25) is 0 Å². The fourth-order valence-corrected chi connectivity index (χ4v) is 2.70. The summed E-state index contributed by atoms with van der Waals surface area (Å²) in [6.07, 6.45) is 2.67. The van der Waals surface area contributed by atoms with Gasteiger partial charge in [-0.05, 0) is 54.2 Å². The Morgan fingerprint density at radius 1 is 1.31 bits per heavy atom. The second-order valence-electron chi connectivity index (χ2n) is 6.38. The minimum atomic E-state index is 0.452. The molecule has 0 aliphatic heterocycles. The van der Waals surface area contributed by atoms with Gasteiger partial charge in [0.05, 0.1) is 0 Å². The summed E-state index contributed by atoms with van der Waals surface area (Å²) in [6, 6.07) is 6.54. The van der Waals surface area contributed by atoms with Crippen LogP contribution in [0.4, 0.5) is 0 Å². The molecular formula is C15H21Cl. The predicted molar refractivity (Wildman–Crippen MR) is 71.1 cm³/mol. The molecule has 0 radical (unpaired) electrons. The second-order valence-corrected chi connectivity index (χ2v) is 6.78. The molecule has 0 nitrogen and oxygen atoms in total. The summed E-state index contributed by atoms with van der Waals surface area (Å²) < 4.78 is 0. The van der Waals surface area contributed by atoms with E-state index in [9.17, 15) is 0 Å². The molecule has 0 bridgehead atoms. The summed E-state index contributed by atoms with van der Waals surface area (Å²) in [7, 11) is 0. The molecule has 1 aliphatic carbocycles. The van der Waals surface area contributed by atoms with Gasteiger partial charge in [0.25, 0.3) is 0 Å². The van der Waals surface area contributed by atoms with E-state index in [0.29, 0.717) is 5.41 Å². The molecule has 0 aromatic heterocycles. The Balaban J connectivity index is 2.03. The quantitative estimate of drug-likeness (QED) is 0.663. The zero-order chi connectivity index (χ0) is 11.9. The third kappa shape index (κ3) is 2.79. The van der Waals surface area contributed by atoms with Crippen molar-refractivity contribution in [3.8, 4) is 0 Å². The molecule has 88 valence electrons. The van der Waals surface area contributed by atoms with Gasteiger partial charge in [-0.1, -0.05) is 44.5 Å². The van der Waals surface area contributed by atoms with Crippen molar-refractivity contribution in [2.24, 2.45) is 11.3 Å². The number of hydrogen-bond acceptors (Lipinski definition) is 0. The lowest BCUT2D eigenvalue weighted by atomic mass is 9.88. The number of aryl methyl sites for hydroxylation is 1. The van der Waals surface area contributed by atoms with Gasteiger partial charge in [-0.15, -0.1) is 0 Å². The van der Waals surface area contributed by atoms with Gasteiger partial charge in [-0.2, -0.15) is 0 Å². The standard InChI is InChI=1S/C15H21Cl/c1-10-5-6-11(8-14(10)16)13-7-12(13)9-15(2,3)4/h5-6,8,12-13H,7,9H2,1-4H3. The molecule has 0 N–H and O–H groups in total. The highest BCUT2D eigenvalue weighted by atomic mass is 35.5. The van der Waals surface area contributed by atoms with Crippen molar-refractivity contribution in [1.82, 2.24) is 0 Å². The van der Waals surface area contributed by atoms with Crippen molar-refractivity contribution in [3.05, 3.63) is 34.3 Å². The lowest BCUT2D eigenvalue weighted by Crippen LogP contribution is -2.06. The first-order valence-corrected chi connectivity index (χ1v) is 6.51. The number of halogens is 1. The lowest BCUT2D eigenvalue weighted by molar-refractivity contribution is 0.350. The van der Waals surface area contributed by atoms with Crippen LogP contribution in [0, 0.1) is 18.3 Å². The smallest absolute Gasteiger partial charge is 0.0438 e. The molecule has 0 amide bonds. The fourth-order valence-electron chi connectivity index (χ4n) is 2.51. The van der Waals surface area contributed by atoms with E-state index < -0.39 is 0 Å². The molecule has 2 unspecified atom stereocenters. The van der Waals surface area contributed by atoms with Gasteiger partial charge in [0.1, 0.15) is 0 Å². The first-order valence-electron chi connectivity index (χ1n) is 6.13. The third-order valence-electron chi connectivity index (χ3n) is 3.42. The molecule has 1 saturated carbocycles. The van der Waals surface area contributed by atoms with Crippen molar-refractivity contribution in [1.29, 1.82) is 0 Å². The van der Waals surface area contributed by atoms with E-state index in [1.165, 1.54) is 24.0 Å². The highest BCUT2D eigenvalue weighted by Gasteiger charge is 2.40. The van der Waals surface area contributed by atoms with Crippen LogP contribution in [0.2, 0.25) is 5.02 Å². The average molecular weight is 237 g/mol. The van der Waals surface area contributed by atoms with E-state index in [-0.39, 0.29) is 0 Å². The number of hydrogen-bond donors (Lipinski definition) is 0. The topological polar surface area (TPSA) is 0 Å². The molecule has 0 saturated heterocycles. The zero-order valence-corrected chi connectivity index (χ0v) is 11.4. The van der Waals surface area contributed by atoms with E-state index in [0.717, 1.165) is 16.9 Å². The van der Waals surface area contributed by atoms with Gasteiger partial charge in [-0.25, -0.2) is 0 Å². The molecule has 0 heterocycles. The summed E-state index contributed by atoms with van der Waals surface area (Å²) in [4.78, 5) is 0. The molecule has 2 rings (SSSR count). The van der Waals surface area contributed by atoms with Gasteiger partial charge in [0, 0.05) is 5.02 Å². The second kappa shape index (κ2) is 4.07. The third-order valence-corrected chi connectivity index (χ3v) is 3.83. The largest absolute Gasteiger partial charge is 0.0840 e. The predicted octanol–water partition coefficient (Wildman–Crippen LogP) is 5.19. The molecule has 1 aromatic carbocycles. The van der Waals surface area contributed by atoms with E-state index in [1.54, 1.807) is 0 Å². The average Bonchev–Trinajstić information content (AvgIpc) is 2.86. The Labute approximate surface area is 104 Å². The maximum atomic E-state index is 6.17. The Kier molecular flexibility index (Phi) is 3.05. The zero-order valence-electron chi connectivity index (χ0n) is 10.7. The first-order chi connectivity index (χ1) is 7.37. The van der Waals surface area contributed by atoms with Crippen LogP contribution in [-0.2, 0) is 0 Å². The van der Waals surface area contributed by atoms with E-state index in [1.807, 2.05) is 0 Å². The molecule has 0 spiro atoms. The normalized spacial score (nSPS) is 24.6. The van der Waals surface area contributed by atoms with Crippen LogP contribution in [-0.4, -0.2) is 0 Å². The van der Waals surface area contributed by atoms with Crippen LogP contribution in [0.1, 0.15) is 50.7 Å². The maximum Gasteiger partial charge on any atom is 0.0438 e. The Morgan fingerprint density at radius 2 is 2.00 bits per heavy atom. The van der Waals surface area contributed by atoms with Gasteiger partial charge in [0.15, 0.2) is 0 Å². The minimum Gasteiger partial charge on any atom is -0.0840 e. The van der Waals surface area contributed by atoms with Crippen molar-refractivity contribution >= 4 is 11.6 Å². The van der Waals surface area contributed by atoms with E-state index >= 15 is 0 Å². The van der Waals surface area contributed by atoms with Gasteiger partial charge < -0.3 is 0 Å². The monoisotopic (exact) mass is 236 g/mol. The van der Waals surface area contributed by atoms with Crippen molar-refractivity contribution < 1.29 is 0 Å². The van der Waals surface area contributed by atoms with Crippen LogP contribution in [0.3, 0.4) is 0 Å². The van der Waals surface area contributed by atoms with Crippen LogP contribution in [0.5, 0.6) is 0 Å². The molecule has 1 aromatic rings. The Bertz CT molecular complexity index is 387. The Morgan fingerprint density at radius 3 is 2.56 bits per heavy atom. The van der Waals surface area contributed by atoms with Crippen molar-refractivity contribution in [2.45, 2.75) is 46.5 Å². The molecular weight excluding hydrogens is 216 g/mol. The molecule has 16 heavy (non-hydrogen) atoms. The Hall–Kier alpha value is -0.490. The van der Waals surface area contributed by atoms with Crippen LogP contribution >= 0.6 is 11.6 Å². The maximum absolute atomic E-state index is 6.17. The summed E-state index contributed by atoms with van der Waals surface area (Å²) in [6.45, 7) is 9.03. The highest BCUT2D eigenvalue weighted by molar-refractivity contribution is 6.31. The highest BCUT2D eigenvalue weighted by Crippen LogP contribution is 2.53. The van der Waals surface area contributed by atoms with E-state index in [2.05, 4.69) is 45.9 Å². The van der Waals surface area contributed by atoms with Crippen LogP contribution in [0.15, 0.2) is 18.2 Å². The summed E-state index contributed by atoms with van der Waals surface area (Å²) in [5, 5.41) is 0.916. The number of benzene rings is 1. The first kappa shape index (κ1) is 12.0. The van der Waals surface area contributed by atoms with Crippen LogP contribution in [0.25, 0.3) is 0 Å². The lowest BCUT2D eigenvalue weighted by Gasteiger charge is -2.17. The van der Waals surface area contributed by atoms with Crippen molar-refractivity contribution in [2.75, 3.05) is 0 Å². The minimum absolute atomic E-state index is 0.452. The summed E-state index contributed by atoms with van der Waals surface area (Å²) in [5.74, 6) is 1.64. The molecule has 1 aliphatic rings. The van der Waals surface area contributed by atoms with Crippen molar-refractivity contribution in [3.63, 3.8) is 0 Å². The van der Waals surface area contributed by atoms with Gasteiger partial charge in [0.2, 0.25) is 0 Å². The summed E-state index contributed by atoms with van der Waals surface area (Å²) in [5.41, 5.74) is 3.07. The molecule has 1 fully saturated rings. The van der Waals surface area contributed by atoms with Gasteiger partial charge >= 0.3 is 0 Å². The number of rotatable bonds is 2. The molecule has 1 heteroatoms. The SMILES string of the molecule is Cc1ccc(C2CC2CC(C)(C)C)cc1Cl. The van der Waals surface area contributed by atoms with Crippen LogP contribution < -0.4 is 0 Å². The fraction of sp³-hybridized carbons (Fsp3) is 0.600. The summed E-state index contributed by atoms with van der Waals surface area (Å²) >= 11 is 6.17. The van der Waals surface area contributed by atoms with E-state index in [4.69, 9.17) is 11.6 Å².